The minimum absolute atomic E-state index is 0.0148. The van der Waals surface area contributed by atoms with E-state index in [0.29, 0.717) is 17.1 Å². The Balaban J connectivity index is 2.45. The Kier molecular flexibility index (Phi) is 5.04. The molecule has 0 fully saturated rings. The number of nitro benzene ring substituents is 1. The zero-order chi connectivity index (χ0) is 19.0. The molecule has 1 heterocycles. The fraction of sp³-hybridized carbons (Fsp3) is 0.308. The van der Waals surface area contributed by atoms with Crippen molar-refractivity contribution in [2.45, 2.75) is 23.9 Å². The Bertz CT molecular complexity index is 909. The summed E-state index contributed by atoms with van der Waals surface area (Å²) in [6, 6.07) is 2.10. The van der Waals surface area contributed by atoms with Crippen LogP contribution < -0.4 is 4.90 Å². The fourth-order valence-corrected chi connectivity index (χ4v) is 3.64. The highest BCUT2D eigenvalue weighted by molar-refractivity contribution is 7.92. The molecule has 0 spiro atoms. The standard InChI is InChI=1S/C13H12F3N3O4S2/c1-8-7-24-12(17-8)6-18(2)10-4-3-9(5-11(10)19(20)21)25(22,23)13(14,15)16/h3-5,7H,6H2,1-2H3. The molecule has 2 rings (SSSR count). The molecule has 7 nitrogen and oxygen atoms in total. The number of rotatable bonds is 5. The molecule has 0 atom stereocenters. The summed E-state index contributed by atoms with van der Waals surface area (Å²) in [4.78, 5) is 14.7. The van der Waals surface area contributed by atoms with Crippen molar-refractivity contribution in [1.82, 2.24) is 4.98 Å². The lowest BCUT2D eigenvalue weighted by Crippen LogP contribution is -2.24. The molecule has 0 radical (unpaired) electrons. The minimum atomic E-state index is -5.66. The monoisotopic (exact) mass is 395 g/mol. The molecule has 0 aliphatic heterocycles. The molecule has 136 valence electrons. The Labute approximate surface area is 144 Å². The fourth-order valence-electron chi connectivity index (χ4n) is 2.04. The van der Waals surface area contributed by atoms with Gasteiger partial charge in [-0.2, -0.15) is 13.2 Å². The SMILES string of the molecule is Cc1csc(CN(C)c2ccc(S(=O)(=O)C(F)(F)F)cc2[N+](=O)[O-])n1. The smallest absolute Gasteiger partial charge is 0.362 e. The number of nitro groups is 1. The van der Waals surface area contributed by atoms with Crippen molar-refractivity contribution in [2.75, 3.05) is 11.9 Å². The second-order valence-corrected chi connectivity index (χ2v) is 7.98. The predicted octanol–water partition coefficient (Wildman–Crippen LogP) is 3.29. The van der Waals surface area contributed by atoms with E-state index in [1.54, 1.807) is 12.3 Å². The van der Waals surface area contributed by atoms with Gasteiger partial charge in [0, 0.05) is 24.2 Å². The second kappa shape index (κ2) is 6.59. The highest BCUT2D eigenvalue weighted by Gasteiger charge is 2.47. The zero-order valence-corrected chi connectivity index (χ0v) is 14.6. The second-order valence-electron chi connectivity index (χ2n) is 5.10. The number of nitrogens with zero attached hydrogens (tertiary/aromatic N) is 3. The van der Waals surface area contributed by atoms with E-state index in [1.165, 1.54) is 23.3 Å². The van der Waals surface area contributed by atoms with E-state index in [2.05, 4.69) is 4.98 Å². The molecular formula is C13H12F3N3O4S2. The highest BCUT2D eigenvalue weighted by Crippen LogP contribution is 2.36. The summed E-state index contributed by atoms with van der Waals surface area (Å²) in [7, 11) is -4.17. The van der Waals surface area contributed by atoms with Gasteiger partial charge in [0.2, 0.25) is 0 Å². The Morgan fingerprint density at radius 2 is 2.00 bits per heavy atom. The van der Waals surface area contributed by atoms with E-state index in [4.69, 9.17) is 0 Å². The van der Waals surface area contributed by atoms with Gasteiger partial charge in [-0.05, 0) is 19.1 Å². The largest absolute Gasteiger partial charge is 0.501 e. The van der Waals surface area contributed by atoms with Crippen molar-refractivity contribution in [2.24, 2.45) is 0 Å². The number of alkyl halides is 3. The Hall–Kier alpha value is -2.21. The maximum absolute atomic E-state index is 12.6. The van der Waals surface area contributed by atoms with Crippen LogP contribution in [0.5, 0.6) is 0 Å². The first-order valence-corrected chi connectivity index (χ1v) is 9.01. The normalized spacial score (nSPS) is 12.2. The van der Waals surface area contributed by atoms with Crippen LogP contribution in [0.3, 0.4) is 0 Å². The highest BCUT2D eigenvalue weighted by atomic mass is 32.2. The van der Waals surface area contributed by atoms with Crippen molar-refractivity contribution < 1.29 is 26.5 Å². The molecule has 0 saturated heterocycles. The number of anilines is 1. The average molecular weight is 395 g/mol. The molecule has 0 unspecified atom stereocenters. The molecular weight excluding hydrogens is 383 g/mol. The van der Waals surface area contributed by atoms with Gasteiger partial charge in [0.05, 0.1) is 16.4 Å². The molecule has 0 aliphatic carbocycles. The molecule has 0 bridgehead atoms. The van der Waals surface area contributed by atoms with Crippen molar-refractivity contribution in [3.8, 4) is 0 Å². The van der Waals surface area contributed by atoms with E-state index in [-0.39, 0.29) is 12.2 Å². The van der Waals surface area contributed by atoms with Crippen LogP contribution in [0.15, 0.2) is 28.5 Å². The molecule has 0 amide bonds. The van der Waals surface area contributed by atoms with Gasteiger partial charge in [-0.25, -0.2) is 13.4 Å². The van der Waals surface area contributed by atoms with Crippen LogP contribution in [0.4, 0.5) is 24.5 Å². The molecule has 1 aromatic carbocycles. The third-order valence-electron chi connectivity index (χ3n) is 3.21. The van der Waals surface area contributed by atoms with Gasteiger partial charge < -0.3 is 4.90 Å². The Morgan fingerprint density at radius 1 is 1.36 bits per heavy atom. The topological polar surface area (TPSA) is 93.4 Å². The quantitative estimate of drug-likeness (QED) is 0.570. The predicted molar refractivity (Wildman–Crippen MR) is 85.3 cm³/mol. The molecule has 25 heavy (non-hydrogen) atoms. The lowest BCUT2D eigenvalue weighted by atomic mass is 10.2. The van der Waals surface area contributed by atoms with Gasteiger partial charge in [0.1, 0.15) is 10.7 Å². The summed E-state index contributed by atoms with van der Waals surface area (Å²) in [6.07, 6.45) is 0. The van der Waals surface area contributed by atoms with Crippen molar-refractivity contribution in [1.29, 1.82) is 0 Å². The number of hydrogen-bond acceptors (Lipinski definition) is 7. The van der Waals surface area contributed by atoms with Crippen LogP contribution in [0.25, 0.3) is 0 Å². The van der Waals surface area contributed by atoms with Gasteiger partial charge in [-0.15, -0.1) is 11.3 Å². The van der Waals surface area contributed by atoms with E-state index in [1.807, 2.05) is 0 Å². The summed E-state index contributed by atoms with van der Waals surface area (Å²) in [5.41, 5.74) is -5.51. The summed E-state index contributed by atoms with van der Waals surface area (Å²) in [5, 5.41) is 13.6. The third kappa shape index (κ3) is 3.90. The van der Waals surface area contributed by atoms with Crippen LogP contribution in [0, 0.1) is 17.0 Å². The maximum Gasteiger partial charge on any atom is 0.501 e. The molecule has 0 N–H and O–H groups in total. The number of halogens is 3. The lowest BCUT2D eigenvalue weighted by molar-refractivity contribution is -0.384. The number of aryl methyl sites for hydroxylation is 1. The lowest BCUT2D eigenvalue weighted by Gasteiger charge is -2.18. The average Bonchev–Trinajstić information content (AvgIpc) is 2.90. The van der Waals surface area contributed by atoms with Gasteiger partial charge in [0.15, 0.2) is 0 Å². The van der Waals surface area contributed by atoms with Crippen LogP contribution in [-0.2, 0) is 16.4 Å². The molecule has 1 aromatic heterocycles. The van der Waals surface area contributed by atoms with Gasteiger partial charge in [-0.3, -0.25) is 10.1 Å². The van der Waals surface area contributed by atoms with Gasteiger partial charge in [-0.1, -0.05) is 0 Å². The van der Waals surface area contributed by atoms with Gasteiger partial charge in [0.25, 0.3) is 15.5 Å². The van der Waals surface area contributed by atoms with Crippen molar-refractivity contribution in [3.05, 3.63) is 44.4 Å². The first-order valence-electron chi connectivity index (χ1n) is 6.65. The molecule has 2 aromatic rings. The summed E-state index contributed by atoms with van der Waals surface area (Å²) < 4.78 is 60.7. The van der Waals surface area contributed by atoms with Gasteiger partial charge >= 0.3 is 5.51 Å². The summed E-state index contributed by atoms with van der Waals surface area (Å²) in [6.45, 7) is 1.96. The van der Waals surface area contributed by atoms with Crippen molar-refractivity contribution in [3.63, 3.8) is 0 Å². The first-order chi connectivity index (χ1) is 11.4. The molecule has 0 aliphatic rings. The number of aromatic nitrogens is 1. The summed E-state index contributed by atoms with van der Waals surface area (Å²) >= 11 is 1.33. The first kappa shape index (κ1) is 19.1. The van der Waals surface area contributed by atoms with Crippen LogP contribution in [-0.4, -0.2) is 30.9 Å². The molecule has 12 heteroatoms. The van der Waals surface area contributed by atoms with E-state index >= 15 is 0 Å². The number of benzene rings is 1. The van der Waals surface area contributed by atoms with Crippen molar-refractivity contribution >= 4 is 32.5 Å². The number of sulfone groups is 1. The van der Waals surface area contributed by atoms with Crippen LogP contribution in [0.1, 0.15) is 10.7 Å². The molecule has 0 saturated carbocycles. The Morgan fingerprint density at radius 3 is 2.48 bits per heavy atom. The van der Waals surface area contributed by atoms with Crippen LogP contribution in [0.2, 0.25) is 0 Å². The number of thiazole rings is 1. The number of hydrogen-bond donors (Lipinski definition) is 0. The van der Waals surface area contributed by atoms with Crippen LogP contribution >= 0.6 is 11.3 Å². The van der Waals surface area contributed by atoms with E-state index in [0.717, 1.165) is 11.8 Å². The summed E-state index contributed by atoms with van der Waals surface area (Å²) in [5.74, 6) is 0. The maximum atomic E-state index is 12.6. The van der Waals surface area contributed by atoms with E-state index < -0.39 is 30.9 Å². The third-order valence-corrected chi connectivity index (χ3v) is 5.64. The zero-order valence-electron chi connectivity index (χ0n) is 12.9. The minimum Gasteiger partial charge on any atom is -0.362 e. The van der Waals surface area contributed by atoms with E-state index in [9.17, 15) is 31.7 Å².